The van der Waals surface area contributed by atoms with Gasteiger partial charge < -0.3 is 15.4 Å². The Morgan fingerprint density at radius 1 is 1.26 bits per heavy atom. The average molecular weight is 363 g/mol. The van der Waals surface area contributed by atoms with Crippen molar-refractivity contribution in [1.29, 1.82) is 0 Å². The Balaban J connectivity index is 1.71. The van der Waals surface area contributed by atoms with Gasteiger partial charge in [-0.05, 0) is 25.1 Å². The standard InChI is InChI=1S/C20H21N5O2/c1-27-19-8-7-16(13-22-19)25-18(14-5-3-2-4-6-14)11-17(24-25)20(26)23-15-9-10-21-12-15/h2-8,11,13,15,21H,9-10,12H2,1H3,(H,23,26). The third-order valence-electron chi connectivity index (χ3n) is 4.58. The number of rotatable bonds is 5. The number of amides is 1. The molecule has 1 aliphatic rings. The van der Waals surface area contributed by atoms with Crippen LogP contribution in [0.15, 0.2) is 54.7 Å². The number of hydrogen-bond acceptors (Lipinski definition) is 5. The van der Waals surface area contributed by atoms with E-state index in [4.69, 9.17) is 4.74 Å². The van der Waals surface area contributed by atoms with Crippen molar-refractivity contribution in [3.8, 4) is 22.8 Å². The molecule has 27 heavy (non-hydrogen) atoms. The highest BCUT2D eigenvalue weighted by Gasteiger charge is 2.21. The lowest BCUT2D eigenvalue weighted by Gasteiger charge is -2.09. The minimum atomic E-state index is -0.166. The molecule has 3 heterocycles. The van der Waals surface area contributed by atoms with Crippen molar-refractivity contribution in [3.05, 3.63) is 60.4 Å². The molecule has 1 unspecified atom stereocenters. The van der Waals surface area contributed by atoms with Crippen LogP contribution in [-0.2, 0) is 0 Å². The van der Waals surface area contributed by atoms with Crippen LogP contribution in [0.1, 0.15) is 16.9 Å². The summed E-state index contributed by atoms with van der Waals surface area (Å²) >= 11 is 0. The first-order valence-electron chi connectivity index (χ1n) is 8.92. The van der Waals surface area contributed by atoms with Crippen molar-refractivity contribution < 1.29 is 9.53 Å². The third-order valence-corrected chi connectivity index (χ3v) is 4.58. The summed E-state index contributed by atoms with van der Waals surface area (Å²) in [4.78, 5) is 16.9. The van der Waals surface area contributed by atoms with E-state index in [0.29, 0.717) is 11.6 Å². The summed E-state index contributed by atoms with van der Waals surface area (Å²) < 4.78 is 6.87. The van der Waals surface area contributed by atoms with Crippen LogP contribution in [0.3, 0.4) is 0 Å². The van der Waals surface area contributed by atoms with Gasteiger partial charge in [0.15, 0.2) is 5.69 Å². The van der Waals surface area contributed by atoms with Gasteiger partial charge in [0.25, 0.3) is 5.91 Å². The second-order valence-corrected chi connectivity index (χ2v) is 6.41. The fourth-order valence-electron chi connectivity index (χ4n) is 3.16. The van der Waals surface area contributed by atoms with E-state index in [1.807, 2.05) is 42.5 Å². The fourth-order valence-corrected chi connectivity index (χ4v) is 3.16. The summed E-state index contributed by atoms with van der Waals surface area (Å²) in [6, 6.07) is 15.5. The SMILES string of the molecule is COc1ccc(-n2nc(C(=O)NC3CCNC3)cc2-c2ccccc2)cn1. The van der Waals surface area contributed by atoms with Crippen molar-refractivity contribution in [3.63, 3.8) is 0 Å². The van der Waals surface area contributed by atoms with Gasteiger partial charge in [-0.25, -0.2) is 9.67 Å². The van der Waals surface area contributed by atoms with Crippen LogP contribution < -0.4 is 15.4 Å². The molecule has 1 atom stereocenters. The summed E-state index contributed by atoms with van der Waals surface area (Å²) in [6.45, 7) is 1.71. The number of ether oxygens (including phenoxy) is 1. The van der Waals surface area contributed by atoms with E-state index >= 15 is 0 Å². The predicted molar refractivity (Wildman–Crippen MR) is 102 cm³/mol. The Kier molecular flexibility index (Phi) is 4.84. The van der Waals surface area contributed by atoms with E-state index in [2.05, 4.69) is 20.7 Å². The van der Waals surface area contributed by atoms with E-state index in [1.54, 1.807) is 24.1 Å². The van der Waals surface area contributed by atoms with E-state index in [9.17, 15) is 4.79 Å². The minimum Gasteiger partial charge on any atom is -0.481 e. The predicted octanol–water partition coefficient (Wildman–Crippen LogP) is 2.03. The van der Waals surface area contributed by atoms with Crippen LogP contribution in [-0.4, -0.2) is 46.9 Å². The number of nitrogens with one attached hydrogen (secondary N) is 2. The molecule has 3 aromatic rings. The molecule has 1 aromatic carbocycles. The minimum absolute atomic E-state index is 0.144. The number of pyridine rings is 1. The zero-order valence-corrected chi connectivity index (χ0v) is 15.1. The summed E-state index contributed by atoms with van der Waals surface area (Å²) in [5, 5.41) is 10.8. The van der Waals surface area contributed by atoms with Gasteiger partial charge in [-0.1, -0.05) is 30.3 Å². The lowest BCUT2D eigenvalue weighted by atomic mass is 10.1. The maximum absolute atomic E-state index is 12.7. The lowest BCUT2D eigenvalue weighted by molar-refractivity contribution is 0.0934. The Bertz CT molecular complexity index is 915. The van der Waals surface area contributed by atoms with E-state index < -0.39 is 0 Å². The highest BCUT2D eigenvalue weighted by Crippen LogP contribution is 2.24. The van der Waals surface area contributed by atoms with Gasteiger partial charge >= 0.3 is 0 Å². The van der Waals surface area contributed by atoms with Crippen LogP contribution in [0.25, 0.3) is 16.9 Å². The molecule has 1 amide bonds. The van der Waals surface area contributed by atoms with E-state index in [1.165, 1.54) is 0 Å². The summed E-state index contributed by atoms with van der Waals surface area (Å²) in [6.07, 6.45) is 2.61. The third kappa shape index (κ3) is 3.68. The summed E-state index contributed by atoms with van der Waals surface area (Å²) in [5.41, 5.74) is 2.95. The number of aromatic nitrogens is 3. The fraction of sp³-hybridized carbons (Fsp3) is 0.250. The normalized spacial score (nSPS) is 16.3. The highest BCUT2D eigenvalue weighted by molar-refractivity contribution is 5.93. The summed E-state index contributed by atoms with van der Waals surface area (Å²) in [5.74, 6) is 0.361. The number of carbonyl (C=O) groups is 1. The van der Waals surface area contributed by atoms with E-state index in [0.717, 1.165) is 36.5 Å². The Labute approximate surface area is 157 Å². The monoisotopic (exact) mass is 363 g/mol. The molecular formula is C20H21N5O2. The molecule has 1 aliphatic heterocycles. The van der Waals surface area contributed by atoms with Gasteiger partial charge in [-0.2, -0.15) is 5.10 Å². The van der Waals surface area contributed by atoms with Crippen molar-refractivity contribution in [1.82, 2.24) is 25.4 Å². The van der Waals surface area contributed by atoms with Crippen molar-refractivity contribution in [2.75, 3.05) is 20.2 Å². The molecule has 0 radical (unpaired) electrons. The van der Waals surface area contributed by atoms with Gasteiger partial charge in [0.2, 0.25) is 5.88 Å². The number of nitrogens with zero attached hydrogens (tertiary/aromatic N) is 3. The summed E-state index contributed by atoms with van der Waals surface area (Å²) in [7, 11) is 1.58. The van der Waals surface area contributed by atoms with Crippen LogP contribution in [0.5, 0.6) is 5.88 Å². The number of carbonyl (C=O) groups excluding carboxylic acids is 1. The van der Waals surface area contributed by atoms with Gasteiger partial charge in [0.05, 0.1) is 24.7 Å². The number of benzene rings is 1. The van der Waals surface area contributed by atoms with Crippen molar-refractivity contribution >= 4 is 5.91 Å². The maximum atomic E-state index is 12.7. The molecule has 0 aliphatic carbocycles. The molecule has 4 rings (SSSR count). The van der Waals surface area contributed by atoms with Crippen molar-refractivity contribution in [2.45, 2.75) is 12.5 Å². The average Bonchev–Trinajstić information content (AvgIpc) is 3.39. The van der Waals surface area contributed by atoms with Gasteiger partial charge in [-0.3, -0.25) is 4.79 Å². The Morgan fingerprint density at radius 2 is 2.11 bits per heavy atom. The number of methoxy groups -OCH3 is 1. The Morgan fingerprint density at radius 3 is 2.78 bits per heavy atom. The molecule has 0 bridgehead atoms. The zero-order chi connectivity index (χ0) is 18.6. The number of hydrogen-bond donors (Lipinski definition) is 2. The maximum Gasteiger partial charge on any atom is 0.272 e. The Hall–Kier alpha value is -3.19. The molecule has 138 valence electrons. The van der Waals surface area contributed by atoms with Crippen LogP contribution in [0.2, 0.25) is 0 Å². The molecule has 1 fully saturated rings. The molecule has 1 saturated heterocycles. The van der Waals surface area contributed by atoms with Crippen LogP contribution in [0.4, 0.5) is 0 Å². The topological polar surface area (TPSA) is 81.1 Å². The molecule has 2 aromatic heterocycles. The van der Waals surface area contributed by atoms with Gasteiger partial charge in [0, 0.05) is 24.2 Å². The zero-order valence-electron chi connectivity index (χ0n) is 15.1. The van der Waals surface area contributed by atoms with E-state index in [-0.39, 0.29) is 11.9 Å². The molecule has 7 heteroatoms. The van der Waals surface area contributed by atoms with Gasteiger partial charge in [-0.15, -0.1) is 0 Å². The lowest BCUT2D eigenvalue weighted by Crippen LogP contribution is -2.36. The first kappa shape index (κ1) is 17.2. The van der Waals surface area contributed by atoms with Gasteiger partial charge in [0.1, 0.15) is 0 Å². The van der Waals surface area contributed by atoms with Crippen LogP contribution in [0, 0.1) is 0 Å². The first-order chi connectivity index (χ1) is 13.2. The highest BCUT2D eigenvalue weighted by atomic mass is 16.5. The first-order valence-corrected chi connectivity index (χ1v) is 8.92. The molecule has 7 nitrogen and oxygen atoms in total. The van der Waals surface area contributed by atoms with Crippen molar-refractivity contribution in [2.24, 2.45) is 0 Å². The smallest absolute Gasteiger partial charge is 0.272 e. The quantitative estimate of drug-likeness (QED) is 0.725. The molecule has 0 saturated carbocycles. The van der Waals surface area contributed by atoms with Crippen LogP contribution >= 0.6 is 0 Å². The molecular weight excluding hydrogens is 342 g/mol. The molecule has 0 spiro atoms. The molecule has 2 N–H and O–H groups in total. The second kappa shape index (κ2) is 7.59. The second-order valence-electron chi connectivity index (χ2n) is 6.41. The largest absolute Gasteiger partial charge is 0.481 e.